The highest BCUT2D eigenvalue weighted by Crippen LogP contribution is 2.19. The largest absolute Gasteiger partial charge is 0.354 e. The molecule has 5 heteroatoms. The van der Waals surface area contributed by atoms with Crippen molar-refractivity contribution in [2.75, 3.05) is 12.3 Å². The molecule has 0 aliphatic heterocycles. The molecule has 0 heterocycles. The lowest BCUT2D eigenvalue weighted by atomic mass is 10.1. The zero-order chi connectivity index (χ0) is 21.9. The van der Waals surface area contributed by atoms with Crippen molar-refractivity contribution < 1.29 is 9.59 Å². The van der Waals surface area contributed by atoms with Crippen LogP contribution in [0.5, 0.6) is 0 Å². The van der Waals surface area contributed by atoms with Crippen molar-refractivity contribution in [3.63, 3.8) is 0 Å². The first-order chi connectivity index (χ1) is 14.5. The van der Waals surface area contributed by atoms with Crippen molar-refractivity contribution in [2.45, 2.75) is 58.9 Å². The predicted molar refractivity (Wildman–Crippen MR) is 126 cm³/mol. The van der Waals surface area contributed by atoms with E-state index < -0.39 is 6.04 Å². The number of nitrogens with zero attached hydrogens (tertiary/aromatic N) is 1. The minimum Gasteiger partial charge on any atom is -0.354 e. The topological polar surface area (TPSA) is 49.4 Å². The van der Waals surface area contributed by atoms with Crippen LogP contribution < -0.4 is 5.32 Å². The van der Waals surface area contributed by atoms with Gasteiger partial charge in [-0.2, -0.15) is 0 Å². The Labute approximate surface area is 185 Å². The number of aryl methyl sites for hydroxylation is 2. The molecule has 0 spiro atoms. The van der Waals surface area contributed by atoms with Gasteiger partial charge in [-0.1, -0.05) is 67.9 Å². The summed E-state index contributed by atoms with van der Waals surface area (Å²) < 4.78 is 0. The highest BCUT2D eigenvalue weighted by molar-refractivity contribution is 7.99. The van der Waals surface area contributed by atoms with E-state index in [9.17, 15) is 9.59 Å². The summed E-state index contributed by atoms with van der Waals surface area (Å²) in [5.74, 6) is 1.08. The van der Waals surface area contributed by atoms with E-state index in [0.717, 1.165) is 23.3 Å². The normalized spacial score (nSPS) is 11.7. The second kappa shape index (κ2) is 12.4. The van der Waals surface area contributed by atoms with Crippen LogP contribution in [0.1, 0.15) is 48.9 Å². The molecule has 0 aromatic heterocycles. The number of hydrogen-bond donors (Lipinski definition) is 1. The van der Waals surface area contributed by atoms with Crippen molar-refractivity contribution >= 4 is 23.6 Å². The van der Waals surface area contributed by atoms with Gasteiger partial charge in [-0.15, -0.1) is 11.8 Å². The van der Waals surface area contributed by atoms with Crippen molar-refractivity contribution in [2.24, 2.45) is 0 Å². The number of carbonyl (C=O) groups is 2. The maximum absolute atomic E-state index is 13.2. The summed E-state index contributed by atoms with van der Waals surface area (Å²) in [4.78, 5) is 27.7. The average Bonchev–Trinajstić information content (AvgIpc) is 2.74. The summed E-state index contributed by atoms with van der Waals surface area (Å²) in [6.07, 6.45) is 1.47. The van der Waals surface area contributed by atoms with Gasteiger partial charge in [0.1, 0.15) is 6.04 Å². The van der Waals surface area contributed by atoms with E-state index in [2.05, 4.69) is 36.5 Å². The lowest BCUT2D eigenvalue weighted by Crippen LogP contribution is -2.49. The molecule has 0 aliphatic rings. The first-order valence-electron chi connectivity index (χ1n) is 10.7. The fourth-order valence-electron chi connectivity index (χ4n) is 3.28. The van der Waals surface area contributed by atoms with Crippen LogP contribution in [0.2, 0.25) is 0 Å². The quantitative estimate of drug-likeness (QED) is 0.558. The molecule has 1 N–H and O–H groups in total. The molecular formula is C25H34N2O2S. The molecular weight excluding hydrogens is 392 g/mol. The van der Waals surface area contributed by atoms with E-state index in [0.29, 0.717) is 25.3 Å². The summed E-state index contributed by atoms with van der Waals surface area (Å²) in [6.45, 7) is 9.19. The van der Waals surface area contributed by atoms with Crippen LogP contribution in [0.15, 0.2) is 48.5 Å². The molecule has 0 fully saturated rings. The smallest absolute Gasteiger partial charge is 0.242 e. The number of amides is 2. The van der Waals surface area contributed by atoms with Gasteiger partial charge in [-0.3, -0.25) is 9.59 Å². The zero-order valence-corrected chi connectivity index (χ0v) is 19.4. The van der Waals surface area contributed by atoms with Gasteiger partial charge in [0.25, 0.3) is 0 Å². The van der Waals surface area contributed by atoms with Crippen LogP contribution in [-0.4, -0.2) is 35.1 Å². The van der Waals surface area contributed by atoms with Crippen LogP contribution in [-0.2, 0) is 21.9 Å². The second-order valence-corrected chi connectivity index (χ2v) is 8.63. The van der Waals surface area contributed by atoms with Crippen LogP contribution in [0, 0.1) is 13.8 Å². The lowest BCUT2D eigenvalue weighted by Gasteiger charge is -2.31. The summed E-state index contributed by atoms with van der Waals surface area (Å²) in [5, 5.41) is 2.97. The third-order valence-electron chi connectivity index (χ3n) is 5.15. The van der Waals surface area contributed by atoms with Crippen LogP contribution >= 0.6 is 11.8 Å². The predicted octanol–water partition coefficient (Wildman–Crippen LogP) is 4.87. The minimum absolute atomic E-state index is 0.00821. The molecule has 2 aromatic carbocycles. The van der Waals surface area contributed by atoms with Gasteiger partial charge in [0.05, 0.1) is 5.75 Å². The SMILES string of the molecule is CCCNC(=O)[C@@H](CC)N(Cc1ccccc1C)C(=O)CSCc1ccc(C)cc1. The van der Waals surface area contributed by atoms with Gasteiger partial charge in [0.2, 0.25) is 11.8 Å². The third-order valence-corrected chi connectivity index (χ3v) is 6.14. The van der Waals surface area contributed by atoms with Gasteiger partial charge in [0.15, 0.2) is 0 Å². The lowest BCUT2D eigenvalue weighted by molar-refractivity contribution is -0.139. The molecule has 2 rings (SSSR count). The molecule has 1 atom stereocenters. The fraction of sp³-hybridized carbons (Fsp3) is 0.440. The Morgan fingerprint density at radius 2 is 1.73 bits per heavy atom. The Kier molecular flexibility index (Phi) is 9.95. The Bertz CT molecular complexity index is 820. The molecule has 162 valence electrons. The minimum atomic E-state index is -0.455. The van der Waals surface area contributed by atoms with Gasteiger partial charge in [-0.25, -0.2) is 0 Å². The van der Waals surface area contributed by atoms with E-state index in [1.807, 2.05) is 45.0 Å². The Balaban J connectivity index is 2.11. The number of hydrogen-bond acceptors (Lipinski definition) is 3. The number of thioether (sulfide) groups is 1. The first kappa shape index (κ1) is 24.0. The van der Waals surface area contributed by atoms with E-state index in [4.69, 9.17) is 0 Å². The molecule has 0 saturated carbocycles. The van der Waals surface area contributed by atoms with E-state index in [1.54, 1.807) is 16.7 Å². The van der Waals surface area contributed by atoms with Gasteiger partial charge in [0, 0.05) is 18.8 Å². The van der Waals surface area contributed by atoms with Crippen LogP contribution in [0.25, 0.3) is 0 Å². The number of benzene rings is 2. The Hall–Kier alpha value is -2.27. The maximum Gasteiger partial charge on any atom is 0.242 e. The molecule has 2 amide bonds. The molecule has 30 heavy (non-hydrogen) atoms. The summed E-state index contributed by atoms with van der Waals surface area (Å²) in [7, 11) is 0. The number of carbonyl (C=O) groups excluding carboxylic acids is 2. The van der Waals surface area contributed by atoms with Crippen LogP contribution in [0.4, 0.5) is 0 Å². The van der Waals surface area contributed by atoms with E-state index >= 15 is 0 Å². The first-order valence-corrected chi connectivity index (χ1v) is 11.9. The molecule has 0 aliphatic carbocycles. The summed E-state index contributed by atoms with van der Waals surface area (Å²) >= 11 is 1.60. The summed E-state index contributed by atoms with van der Waals surface area (Å²) in [5.41, 5.74) is 4.65. The Morgan fingerprint density at radius 3 is 2.37 bits per heavy atom. The van der Waals surface area contributed by atoms with E-state index in [-0.39, 0.29) is 11.8 Å². The van der Waals surface area contributed by atoms with Crippen molar-refractivity contribution in [1.29, 1.82) is 0 Å². The standard InChI is InChI=1S/C25H34N2O2S/c1-5-15-26-25(29)23(6-2)27(16-22-10-8-7-9-20(22)4)24(28)18-30-17-21-13-11-19(3)12-14-21/h7-14,23H,5-6,15-18H2,1-4H3,(H,26,29)/t23-/m1/s1. The van der Waals surface area contributed by atoms with Gasteiger partial charge in [-0.05, 0) is 43.4 Å². The third kappa shape index (κ3) is 7.21. The second-order valence-electron chi connectivity index (χ2n) is 7.64. The van der Waals surface area contributed by atoms with Gasteiger partial charge >= 0.3 is 0 Å². The highest BCUT2D eigenvalue weighted by Gasteiger charge is 2.28. The van der Waals surface area contributed by atoms with Gasteiger partial charge < -0.3 is 10.2 Å². The molecule has 0 unspecified atom stereocenters. The fourth-order valence-corrected chi connectivity index (χ4v) is 4.15. The molecule has 2 aromatic rings. The van der Waals surface area contributed by atoms with E-state index in [1.165, 1.54) is 11.1 Å². The number of rotatable bonds is 11. The van der Waals surface area contributed by atoms with Crippen LogP contribution in [0.3, 0.4) is 0 Å². The number of nitrogens with one attached hydrogen (secondary N) is 1. The molecule has 0 bridgehead atoms. The molecule has 4 nitrogen and oxygen atoms in total. The Morgan fingerprint density at radius 1 is 1.03 bits per heavy atom. The highest BCUT2D eigenvalue weighted by atomic mass is 32.2. The van der Waals surface area contributed by atoms with Crippen molar-refractivity contribution in [3.8, 4) is 0 Å². The molecule has 0 saturated heterocycles. The average molecular weight is 427 g/mol. The zero-order valence-electron chi connectivity index (χ0n) is 18.6. The van der Waals surface area contributed by atoms with Crippen molar-refractivity contribution in [1.82, 2.24) is 10.2 Å². The monoisotopic (exact) mass is 426 g/mol. The maximum atomic E-state index is 13.2. The summed E-state index contributed by atoms with van der Waals surface area (Å²) in [6, 6.07) is 16.0. The molecule has 0 radical (unpaired) electrons. The van der Waals surface area contributed by atoms with Crippen molar-refractivity contribution in [3.05, 3.63) is 70.8 Å².